The number of pyridine rings is 1. The molecule has 0 radical (unpaired) electrons. The van der Waals surface area contributed by atoms with Crippen LogP contribution in [0.15, 0.2) is 55.1 Å². The first-order valence-electron chi connectivity index (χ1n) is 8.02. The Morgan fingerprint density at radius 1 is 1.12 bits per heavy atom. The molecular weight excluding hydrogens is 301 g/mol. The summed E-state index contributed by atoms with van der Waals surface area (Å²) < 4.78 is 13.4. The highest BCUT2D eigenvalue weighted by atomic mass is 19.1. The molecule has 0 N–H and O–H groups in total. The molecule has 0 unspecified atom stereocenters. The number of aromatic nitrogens is 1. The molecule has 4 rings (SSSR count). The maximum atomic E-state index is 13.4. The predicted octanol–water partition coefficient (Wildman–Crippen LogP) is 5.13. The van der Waals surface area contributed by atoms with Crippen LogP contribution in [-0.2, 0) is 4.79 Å². The maximum absolute atomic E-state index is 13.4. The van der Waals surface area contributed by atoms with Crippen molar-refractivity contribution in [2.24, 2.45) is 0 Å². The monoisotopic (exact) mass is 317 g/mol. The van der Waals surface area contributed by atoms with Gasteiger partial charge in [0.1, 0.15) is 12.1 Å². The largest absolute Gasteiger partial charge is 0.298 e. The van der Waals surface area contributed by atoms with Gasteiger partial charge in [-0.05, 0) is 36.6 Å². The molecule has 2 nitrogen and oxygen atoms in total. The molecule has 0 spiro atoms. The highest BCUT2D eigenvalue weighted by Crippen LogP contribution is 2.46. The average molecular weight is 317 g/mol. The quantitative estimate of drug-likeness (QED) is 0.493. The smallest absolute Gasteiger partial charge is 0.150 e. The summed E-state index contributed by atoms with van der Waals surface area (Å²) >= 11 is 0. The van der Waals surface area contributed by atoms with E-state index < -0.39 is 0 Å². The van der Waals surface area contributed by atoms with Crippen LogP contribution in [0, 0.1) is 5.82 Å². The lowest BCUT2D eigenvalue weighted by atomic mass is 9.89. The zero-order valence-electron chi connectivity index (χ0n) is 13.1. The fourth-order valence-corrected chi connectivity index (χ4v) is 3.18. The van der Waals surface area contributed by atoms with E-state index in [-0.39, 0.29) is 5.82 Å². The Morgan fingerprint density at radius 3 is 2.50 bits per heavy atom. The third-order valence-electron chi connectivity index (χ3n) is 4.48. The van der Waals surface area contributed by atoms with Crippen LogP contribution in [0.1, 0.15) is 30.0 Å². The molecule has 118 valence electrons. The first-order valence-corrected chi connectivity index (χ1v) is 8.02. The first-order chi connectivity index (χ1) is 11.7. The van der Waals surface area contributed by atoms with Crippen LogP contribution in [-0.4, -0.2) is 11.3 Å². The van der Waals surface area contributed by atoms with Gasteiger partial charge in [-0.1, -0.05) is 36.9 Å². The number of aldehydes is 1. The van der Waals surface area contributed by atoms with Gasteiger partial charge in [0.15, 0.2) is 0 Å². The number of halogens is 1. The Hall–Kier alpha value is -2.81. The van der Waals surface area contributed by atoms with E-state index in [1.807, 2.05) is 24.3 Å². The lowest BCUT2D eigenvalue weighted by molar-refractivity contribution is -0.103. The highest BCUT2D eigenvalue weighted by Gasteiger charge is 2.31. The van der Waals surface area contributed by atoms with E-state index in [0.29, 0.717) is 11.5 Å². The van der Waals surface area contributed by atoms with Crippen LogP contribution >= 0.6 is 0 Å². The topological polar surface area (TPSA) is 30.0 Å². The van der Waals surface area contributed by atoms with Gasteiger partial charge in [0, 0.05) is 28.0 Å². The standard InChI is InChI=1S/C21H16FNO/c1-13(12-24)19-20(14-8-10-16(22)11-9-14)17-4-2-3-5-18(17)23-21(19)15-6-7-15/h2-5,8-12,15H,1,6-7H2. The van der Waals surface area contributed by atoms with E-state index in [4.69, 9.17) is 4.98 Å². The maximum Gasteiger partial charge on any atom is 0.150 e. The second-order valence-corrected chi connectivity index (χ2v) is 6.19. The molecule has 1 fully saturated rings. The minimum atomic E-state index is -0.282. The van der Waals surface area contributed by atoms with Crippen molar-refractivity contribution in [1.29, 1.82) is 0 Å². The Bertz CT molecular complexity index is 955. The van der Waals surface area contributed by atoms with Gasteiger partial charge in [-0.3, -0.25) is 9.78 Å². The molecule has 3 aromatic rings. The average Bonchev–Trinajstić information content (AvgIpc) is 3.45. The summed E-state index contributed by atoms with van der Waals surface area (Å²) in [7, 11) is 0. The SMILES string of the molecule is C=C(C=O)c1c(C2CC2)nc2ccccc2c1-c1ccc(F)cc1. The molecule has 1 saturated carbocycles. The van der Waals surface area contributed by atoms with Crippen molar-refractivity contribution in [3.05, 3.63) is 72.2 Å². The van der Waals surface area contributed by atoms with Crippen LogP contribution in [0.2, 0.25) is 0 Å². The highest BCUT2D eigenvalue weighted by molar-refractivity contribution is 6.13. The Morgan fingerprint density at radius 2 is 1.83 bits per heavy atom. The Labute approximate surface area is 139 Å². The summed E-state index contributed by atoms with van der Waals surface area (Å²) in [6.07, 6.45) is 2.94. The number of benzene rings is 2. The number of carbonyl (C=O) groups excluding carboxylic acids is 1. The molecule has 24 heavy (non-hydrogen) atoms. The molecule has 1 aromatic heterocycles. The third-order valence-corrected chi connectivity index (χ3v) is 4.48. The van der Waals surface area contributed by atoms with E-state index in [1.165, 1.54) is 12.1 Å². The molecule has 1 heterocycles. The Balaban J connectivity index is 2.12. The van der Waals surface area contributed by atoms with E-state index in [0.717, 1.165) is 52.4 Å². The first kappa shape index (κ1) is 14.8. The van der Waals surface area contributed by atoms with Gasteiger partial charge in [0.2, 0.25) is 0 Å². The normalized spacial score (nSPS) is 13.9. The number of carbonyl (C=O) groups is 1. The molecule has 0 bridgehead atoms. The second-order valence-electron chi connectivity index (χ2n) is 6.19. The number of rotatable bonds is 4. The molecule has 2 aromatic carbocycles. The number of fused-ring (bicyclic) bond motifs is 1. The predicted molar refractivity (Wildman–Crippen MR) is 94.2 cm³/mol. The van der Waals surface area contributed by atoms with Crippen molar-refractivity contribution >= 4 is 22.8 Å². The third kappa shape index (κ3) is 2.42. The van der Waals surface area contributed by atoms with Gasteiger partial charge < -0.3 is 0 Å². The lowest BCUT2D eigenvalue weighted by Gasteiger charge is -2.17. The fraction of sp³-hybridized carbons (Fsp3) is 0.143. The van der Waals surface area contributed by atoms with Gasteiger partial charge in [0.05, 0.1) is 11.2 Å². The number of nitrogens with zero attached hydrogens (tertiary/aromatic N) is 1. The van der Waals surface area contributed by atoms with Crippen molar-refractivity contribution in [1.82, 2.24) is 4.98 Å². The van der Waals surface area contributed by atoms with Gasteiger partial charge in [-0.25, -0.2) is 4.39 Å². The number of hydrogen-bond acceptors (Lipinski definition) is 2. The lowest BCUT2D eigenvalue weighted by Crippen LogP contribution is -2.01. The van der Waals surface area contributed by atoms with Crippen molar-refractivity contribution in [2.75, 3.05) is 0 Å². The van der Waals surface area contributed by atoms with Crippen molar-refractivity contribution in [3.8, 4) is 11.1 Å². The van der Waals surface area contributed by atoms with Crippen LogP contribution in [0.4, 0.5) is 4.39 Å². The van der Waals surface area contributed by atoms with Crippen LogP contribution < -0.4 is 0 Å². The second kappa shape index (κ2) is 5.68. The molecule has 0 amide bonds. The van der Waals surface area contributed by atoms with E-state index in [2.05, 4.69) is 6.58 Å². The molecular formula is C21H16FNO. The van der Waals surface area contributed by atoms with Gasteiger partial charge >= 0.3 is 0 Å². The van der Waals surface area contributed by atoms with E-state index in [9.17, 15) is 9.18 Å². The van der Waals surface area contributed by atoms with Crippen molar-refractivity contribution < 1.29 is 9.18 Å². The molecule has 0 atom stereocenters. The molecule has 0 aliphatic heterocycles. The molecule has 3 heteroatoms. The molecule has 1 aliphatic carbocycles. The molecule has 0 saturated heterocycles. The minimum absolute atomic E-state index is 0.282. The van der Waals surface area contributed by atoms with Crippen molar-refractivity contribution in [3.63, 3.8) is 0 Å². The molecule has 1 aliphatic rings. The summed E-state index contributed by atoms with van der Waals surface area (Å²) in [5.41, 5.74) is 4.84. The Kier molecular flexibility index (Phi) is 3.49. The summed E-state index contributed by atoms with van der Waals surface area (Å²) in [5.74, 6) is 0.0933. The van der Waals surface area contributed by atoms with Gasteiger partial charge in [0.25, 0.3) is 0 Å². The minimum Gasteiger partial charge on any atom is -0.298 e. The van der Waals surface area contributed by atoms with Crippen molar-refractivity contribution in [2.45, 2.75) is 18.8 Å². The van der Waals surface area contributed by atoms with Gasteiger partial charge in [-0.2, -0.15) is 0 Å². The van der Waals surface area contributed by atoms with E-state index in [1.54, 1.807) is 12.1 Å². The van der Waals surface area contributed by atoms with Crippen LogP contribution in [0.5, 0.6) is 0 Å². The summed E-state index contributed by atoms with van der Waals surface area (Å²) in [6, 6.07) is 14.2. The van der Waals surface area contributed by atoms with E-state index >= 15 is 0 Å². The fourth-order valence-electron chi connectivity index (χ4n) is 3.18. The summed E-state index contributed by atoms with van der Waals surface area (Å²) in [4.78, 5) is 16.3. The number of hydrogen-bond donors (Lipinski definition) is 0. The van der Waals surface area contributed by atoms with Crippen LogP contribution in [0.25, 0.3) is 27.6 Å². The summed E-state index contributed by atoms with van der Waals surface area (Å²) in [6.45, 7) is 3.94. The number of allylic oxidation sites excluding steroid dienone is 1. The zero-order valence-corrected chi connectivity index (χ0v) is 13.1. The zero-order chi connectivity index (χ0) is 16.7. The van der Waals surface area contributed by atoms with Crippen LogP contribution in [0.3, 0.4) is 0 Å². The summed E-state index contributed by atoms with van der Waals surface area (Å²) in [5, 5.41) is 0.950. The van der Waals surface area contributed by atoms with Gasteiger partial charge in [-0.15, -0.1) is 0 Å². The number of para-hydroxylation sites is 1.